The number of rotatable bonds is 7. The van der Waals surface area contributed by atoms with E-state index >= 15 is 0 Å². The van der Waals surface area contributed by atoms with Crippen LogP contribution < -0.4 is 20.1 Å². The van der Waals surface area contributed by atoms with Gasteiger partial charge < -0.3 is 20.1 Å². The number of anilines is 1. The number of ether oxygens (including phenoxy) is 2. The molecule has 1 heterocycles. The molecule has 2 aliphatic rings. The largest absolute Gasteiger partial charge is 0.493 e. The zero-order chi connectivity index (χ0) is 28.4. The molecule has 0 unspecified atom stereocenters. The Morgan fingerprint density at radius 1 is 0.900 bits per heavy atom. The molecule has 1 amide bonds. The first-order valence-corrected chi connectivity index (χ1v) is 13.8. The quantitative estimate of drug-likeness (QED) is 0.357. The molecule has 40 heavy (non-hydrogen) atoms. The number of methoxy groups -OCH3 is 2. The van der Waals surface area contributed by atoms with Crippen LogP contribution in [0.25, 0.3) is 0 Å². The van der Waals surface area contributed by atoms with Crippen LogP contribution in [0.2, 0.25) is 0 Å². The number of dihydropyridines is 1. The molecule has 3 aromatic carbocycles. The van der Waals surface area contributed by atoms with Crippen LogP contribution in [0.3, 0.4) is 0 Å². The Hall–Kier alpha value is -4.32. The van der Waals surface area contributed by atoms with Gasteiger partial charge in [-0.3, -0.25) is 9.59 Å². The van der Waals surface area contributed by atoms with Crippen molar-refractivity contribution < 1.29 is 19.1 Å². The lowest BCUT2D eigenvalue weighted by Crippen LogP contribution is -2.37. The number of benzene rings is 3. The van der Waals surface area contributed by atoms with Crippen molar-refractivity contribution in [2.75, 3.05) is 19.5 Å². The first-order valence-electron chi connectivity index (χ1n) is 13.8. The van der Waals surface area contributed by atoms with Crippen molar-refractivity contribution in [3.63, 3.8) is 0 Å². The smallest absolute Gasteiger partial charge is 0.254 e. The Morgan fingerprint density at radius 2 is 1.57 bits per heavy atom. The molecular formula is C34H36N2O4. The second-order valence-corrected chi connectivity index (χ2v) is 10.5. The van der Waals surface area contributed by atoms with Crippen LogP contribution in [0.1, 0.15) is 60.8 Å². The summed E-state index contributed by atoms with van der Waals surface area (Å²) in [6.07, 6.45) is 1.93. The second-order valence-electron chi connectivity index (χ2n) is 10.5. The summed E-state index contributed by atoms with van der Waals surface area (Å²) >= 11 is 0. The molecule has 206 valence electrons. The standard InChI is InChI=1S/C34H36N2O4/c1-6-22-9-11-23(12-10-22)32-31(34(38)36-26-14-7-20(2)8-15-26)21(3)35-27-17-25(18-28(37)33(27)32)24-13-16-29(39-4)30(19-24)40-5/h7-16,19,25,32,35H,6,17-18H2,1-5H3,(H,36,38)/t25-,32-/m1/s1. The van der Waals surface area contributed by atoms with Crippen LogP contribution in [0, 0.1) is 6.92 Å². The van der Waals surface area contributed by atoms with E-state index in [-0.39, 0.29) is 17.6 Å². The number of carbonyl (C=O) groups excluding carboxylic acids is 2. The van der Waals surface area contributed by atoms with Crippen molar-refractivity contribution >= 4 is 17.4 Å². The summed E-state index contributed by atoms with van der Waals surface area (Å²) in [7, 11) is 3.22. The Morgan fingerprint density at radius 3 is 2.23 bits per heavy atom. The van der Waals surface area contributed by atoms with E-state index in [1.807, 2.05) is 56.3 Å². The van der Waals surface area contributed by atoms with Crippen molar-refractivity contribution in [2.24, 2.45) is 0 Å². The zero-order valence-corrected chi connectivity index (χ0v) is 23.8. The third-order valence-corrected chi connectivity index (χ3v) is 7.98. The van der Waals surface area contributed by atoms with Gasteiger partial charge in [-0.05, 0) is 73.6 Å². The molecule has 2 N–H and O–H groups in total. The van der Waals surface area contributed by atoms with Crippen LogP contribution in [-0.4, -0.2) is 25.9 Å². The summed E-state index contributed by atoms with van der Waals surface area (Å²) in [6, 6.07) is 21.8. The highest BCUT2D eigenvalue weighted by Crippen LogP contribution is 2.46. The normalized spacial score (nSPS) is 18.7. The minimum absolute atomic E-state index is 0.0163. The number of allylic oxidation sites excluding steroid dienone is 3. The maximum absolute atomic E-state index is 14.0. The predicted molar refractivity (Wildman–Crippen MR) is 158 cm³/mol. The van der Waals surface area contributed by atoms with Crippen molar-refractivity contribution in [1.82, 2.24) is 5.32 Å². The summed E-state index contributed by atoms with van der Waals surface area (Å²) in [5.41, 5.74) is 7.90. The van der Waals surface area contributed by atoms with Gasteiger partial charge in [0.25, 0.3) is 5.91 Å². The molecular weight excluding hydrogens is 500 g/mol. The van der Waals surface area contributed by atoms with Crippen molar-refractivity contribution in [2.45, 2.75) is 51.9 Å². The molecule has 6 heteroatoms. The van der Waals surface area contributed by atoms with Crippen LogP contribution in [0.5, 0.6) is 11.5 Å². The van der Waals surface area contributed by atoms with Crippen molar-refractivity contribution in [1.29, 1.82) is 0 Å². The highest BCUT2D eigenvalue weighted by molar-refractivity contribution is 6.10. The summed E-state index contributed by atoms with van der Waals surface area (Å²) in [6.45, 7) is 6.05. The maximum atomic E-state index is 14.0. The zero-order valence-electron chi connectivity index (χ0n) is 23.8. The molecule has 1 aliphatic carbocycles. The number of ketones is 1. The van der Waals surface area contributed by atoms with E-state index in [4.69, 9.17) is 9.47 Å². The molecule has 0 fully saturated rings. The van der Waals surface area contributed by atoms with Crippen LogP contribution in [0.4, 0.5) is 5.69 Å². The Bertz CT molecular complexity index is 1500. The Kier molecular flexibility index (Phi) is 7.78. The Balaban J connectivity index is 1.54. The first kappa shape index (κ1) is 27.3. The SMILES string of the molecule is CCc1ccc([C@@H]2C(C(=O)Nc3ccc(C)cc3)=C(C)NC3=C2C(=O)C[C@H](c2ccc(OC)c(OC)c2)C3)cc1. The second kappa shape index (κ2) is 11.4. The van der Waals surface area contributed by atoms with E-state index in [2.05, 4.69) is 41.8 Å². The topological polar surface area (TPSA) is 76.7 Å². The van der Waals surface area contributed by atoms with Gasteiger partial charge in [-0.2, -0.15) is 0 Å². The van der Waals surface area contributed by atoms with Gasteiger partial charge in [-0.1, -0.05) is 55.0 Å². The lowest BCUT2D eigenvalue weighted by molar-refractivity contribution is -0.116. The molecule has 5 rings (SSSR count). The number of nitrogens with one attached hydrogen (secondary N) is 2. The van der Waals surface area contributed by atoms with Gasteiger partial charge in [0.05, 0.1) is 14.2 Å². The molecule has 0 saturated carbocycles. The fraction of sp³-hybridized carbons (Fsp3) is 0.294. The molecule has 0 saturated heterocycles. The maximum Gasteiger partial charge on any atom is 0.254 e. The minimum atomic E-state index is -0.452. The van der Waals surface area contributed by atoms with E-state index in [1.54, 1.807) is 14.2 Å². The fourth-order valence-corrected chi connectivity index (χ4v) is 5.80. The van der Waals surface area contributed by atoms with Crippen LogP contribution >= 0.6 is 0 Å². The number of hydrogen-bond donors (Lipinski definition) is 2. The molecule has 0 radical (unpaired) electrons. The number of hydrogen-bond acceptors (Lipinski definition) is 5. The van der Waals surface area contributed by atoms with Gasteiger partial charge in [0.1, 0.15) is 0 Å². The van der Waals surface area contributed by atoms with Gasteiger partial charge in [0.2, 0.25) is 0 Å². The van der Waals surface area contributed by atoms with Crippen molar-refractivity contribution in [3.05, 3.63) is 112 Å². The monoisotopic (exact) mass is 536 g/mol. The molecule has 0 aromatic heterocycles. The fourth-order valence-electron chi connectivity index (χ4n) is 5.80. The van der Waals surface area contributed by atoms with Gasteiger partial charge in [0, 0.05) is 40.6 Å². The van der Waals surface area contributed by atoms with E-state index in [0.29, 0.717) is 35.5 Å². The Labute approximate surface area is 236 Å². The molecule has 6 nitrogen and oxygen atoms in total. The first-order chi connectivity index (χ1) is 19.3. The van der Waals surface area contributed by atoms with E-state index in [0.717, 1.165) is 40.2 Å². The summed E-state index contributed by atoms with van der Waals surface area (Å²) in [5, 5.41) is 6.53. The number of Topliss-reactive ketones (excluding diaryl/α,β-unsaturated/α-hetero) is 1. The summed E-state index contributed by atoms with van der Waals surface area (Å²) in [4.78, 5) is 27.8. The van der Waals surface area contributed by atoms with Gasteiger partial charge in [-0.25, -0.2) is 0 Å². The summed E-state index contributed by atoms with van der Waals surface area (Å²) < 4.78 is 10.9. The average Bonchev–Trinajstić information content (AvgIpc) is 2.97. The molecule has 3 aromatic rings. The van der Waals surface area contributed by atoms with Gasteiger partial charge in [-0.15, -0.1) is 0 Å². The molecule has 0 spiro atoms. The number of carbonyl (C=O) groups is 2. The van der Waals surface area contributed by atoms with E-state index < -0.39 is 5.92 Å². The van der Waals surface area contributed by atoms with E-state index in [1.165, 1.54) is 5.56 Å². The molecule has 1 aliphatic heterocycles. The van der Waals surface area contributed by atoms with Gasteiger partial charge >= 0.3 is 0 Å². The average molecular weight is 537 g/mol. The number of aryl methyl sites for hydroxylation is 2. The van der Waals surface area contributed by atoms with Gasteiger partial charge in [0.15, 0.2) is 17.3 Å². The lowest BCUT2D eigenvalue weighted by atomic mass is 9.71. The third kappa shape index (κ3) is 5.26. The van der Waals surface area contributed by atoms with Crippen LogP contribution in [-0.2, 0) is 16.0 Å². The highest BCUT2D eigenvalue weighted by Gasteiger charge is 2.41. The minimum Gasteiger partial charge on any atom is -0.493 e. The van der Waals surface area contributed by atoms with E-state index in [9.17, 15) is 9.59 Å². The van der Waals surface area contributed by atoms with Crippen molar-refractivity contribution in [3.8, 4) is 11.5 Å². The molecule has 2 atom stereocenters. The third-order valence-electron chi connectivity index (χ3n) is 7.98. The summed E-state index contributed by atoms with van der Waals surface area (Å²) in [5.74, 6) is 0.668. The lowest BCUT2D eigenvalue weighted by Gasteiger charge is -2.37. The highest BCUT2D eigenvalue weighted by atomic mass is 16.5. The molecule has 0 bridgehead atoms. The predicted octanol–water partition coefficient (Wildman–Crippen LogP) is 6.57. The van der Waals surface area contributed by atoms with Crippen LogP contribution in [0.15, 0.2) is 89.3 Å². The number of amides is 1.